The molecule has 0 spiro atoms. The van der Waals surface area contributed by atoms with E-state index in [0.717, 1.165) is 38.5 Å². The number of amides is 2. The molecule has 0 unspecified atom stereocenters. The van der Waals surface area contributed by atoms with Crippen molar-refractivity contribution < 1.29 is 14.3 Å². The molecule has 168 valence electrons. The second-order valence-electron chi connectivity index (χ2n) is 8.51. The van der Waals surface area contributed by atoms with E-state index in [1.165, 1.54) is 19.3 Å². The predicted molar refractivity (Wildman–Crippen MR) is 116 cm³/mol. The largest absolute Gasteiger partial charge is 0.488 e. The number of rotatable bonds is 7. The Morgan fingerprint density at radius 3 is 1.90 bits per heavy atom. The van der Waals surface area contributed by atoms with Crippen molar-refractivity contribution in [3.63, 3.8) is 0 Å². The second kappa shape index (κ2) is 11.1. The van der Waals surface area contributed by atoms with Crippen LogP contribution in [0.1, 0.15) is 64.7 Å². The van der Waals surface area contributed by atoms with E-state index in [9.17, 15) is 19.2 Å². The molecule has 4 N–H and O–H groups in total. The topological polar surface area (TPSA) is 133 Å². The summed E-state index contributed by atoms with van der Waals surface area (Å²) in [4.78, 5) is 46.7. The van der Waals surface area contributed by atoms with Crippen LogP contribution < -0.4 is 32.0 Å². The maximum Gasteiger partial charge on any atom is 0.272 e. The van der Waals surface area contributed by atoms with Gasteiger partial charge in [0.15, 0.2) is 5.75 Å². The molecular formula is C22H35N3O5. The molecule has 8 heteroatoms. The van der Waals surface area contributed by atoms with Gasteiger partial charge in [-0.25, -0.2) is 0 Å². The van der Waals surface area contributed by atoms with Gasteiger partial charge in [-0.3, -0.25) is 19.2 Å². The van der Waals surface area contributed by atoms with E-state index in [2.05, 4.69) is 0 Å². The minimum atomic E-state index is -0.531. The van der Waals surface area contributed by atoms with Gasteiger partial charge < -0.3 is 21.1 Å². The van der Waals surface area contributed by atoms with Gasteiger partial charge in [0.25, 0.3) is 10.9 Å². The fourth-order valence-corrected chi connectivity index (χ4v) is 4.48. The number of anilines is 1. The first-order valence-electron chi connectivity index (χ1n) is 11.0. The van der Waals surface area contributed by atoms with Gasteiger partial charge in [-0.15, -0.1) is 0 Å². The molecule has 0 atom stereocenters. The van der Waals surface area contributed by atoms with Crippen LogP contribution in [-0.4, -0.2) is 32.0 Å². The van der Waals surface area contributed by atoms with Crippen molar-refractivity contribution >= 4 is 17.5 Å². The Hall–Kier alpha value is -2.38. The fourth-order valence-electron chi connectivity index (χ4n) is 4.48. The van der Waals surface area contributed by atoms with E-state index < -0.39 is 10.9 Å². The van der Waals surface area contributed by atoms with Crippen molar-refractivity contribution in [1.82, 2.24) is 0 Å². The quantitative estimate of drug-likeness (QED) is 0.641. The van der Waals surface area contributed by atoms with E-state index in [4.69, 9.17) is 16.2 Å². The van der Waals surface area contributed by atoms with E-state index in [1.807, 2.05) is 4.90 Å². The standard InChI is InChI=1S/C15H22N2O4.C7H13NO/c1-3-21-14-11(12(18)13(14)19)17(2)8-9-4-6-10(7-5-9)15(16)20;8-7(9)6-4-2-1-3-5-6/h9-10H,3-8H2,1-2H3,(H2,16,20);6H,1-5H2,(H2,8,9). The van der Waals surface area contributed by atoms with Crippen LogP contribution in [0.15, 0.2) is 9.59 Å². The smallest absolute Gasteiger partial charge is 0.272 e. The summed E-state index contributed by atoms with van der Waals surface area (Å²) >= 11 is 0. The normalized spacial score (nSPS) is 22.1. The molecule has 0 bridgehead atoms. The molecule has 3 rings (SSSR count). The molecule has 2 amide bonds. The first-order chi connectivity index (χ1) is 14.3. The van der Waals surface area contributed by atoms with Crippen molar-refractivity contribution in [2.75, 3.05) is 25.1 Å². The molecule has 2 saturated carbocycles. The van der Waals surface area contributed by atoms with E-state index in [0.29, 0.717) is 24.8 Å². The lowest BCUT2D eigenvalue weighted by atomic mass is 9.81. The van der Waals surface area contributed by atoms with Crippen LogP contribution in [0.25, 0.3) is 0 Å². The summed E-state index contributed by atoms with van der Waals surface area (Å²) in [6.45, 7) is 2.84. The molecule has 0 heterocycles. The highest BCUT2D eigenvalue weighted by Crippen LogP contribution is 2.31. The van der Waals surface area contributed by atoms with Crippen LogP contribution >= 0.6 is 0 Å². The molecule has 0 aromatic heterocycles. The first-order valence-corrected chi connectivity index (χ1v) is 11.0. The lowest BCUT2D eigenvalue weighted by Crippen LogP contribution is -2.42. The van der Waals surface area contributed by atoms with Crippen molar-refractivity contribution in [3.8, 4) is 5.75 Å². The zero-order valence-corrected chi connectivity index (χ0v) is 18.2. The highest BCUT2D eigenvalue weighted by atomic mass is 16.5. The molecule has 0 saturated heterocycles. The molecule has 1 aromatic carbocycles. The summed E-state index contributed by atoms with van der Waals surface area (Å²) in [5.74, 6) is 0.452. The fraction of sp³-hybridized carbons (Fsp3) is 0.727. The zero-order chi connectivity index (χ0) is 22.3. The SMILES string of the molecule is CCOc1c(N(C)CC2CCC(C(N)=O)CC2)c(=O)c1=O.NC(=O)C1CCCCC1. The van der Waals surface area contributed by atoms with Crippen LogP contribution in [-0.2, 0) is 9.59 Å². The van der Waals surface area contributed by atoms with Gasteiger partial charge in [0.1, 0.15) is 5.69 Å². The van der Waals surface area contributed by atoms with Gasteiger partial charge in [0.05, 0.1) is 6.61 Å². The third-order valence-electron chi connectivity index (χ3n) is 6.30. The Morgan fingerprint density at radius 2 is 1.43 bits per heavy atom. The number of hydrogen-bond acceptors (Lipinski definition) is 6. The minimum absolute atomic E-state index is 0.0170. The third kappa shape index (κ3) is 6.06. The van der Waals surface area contributed by atoms with Gasteiger partial charge in [0.2, 0.25) is 11.8 Å². The summed E-state index contributed by atoms with van der Waals surface area (Å²) in [6, 6.07) is 0. The van der Waals surface area contributed by atoms with E-state index in [-0.39, 0.29) is 29.4 Å². The molecule has 30 heavy (non-hydrogen) atoms. The average Bonchev–Trinajstić information content (AvgIpc) is 2.74. The molecular weight excluding hydrogens is 386 g/mol. The molecule has 1 aromatic rings. The summed E-state index contributed by atoms with van der Waals surface area (Å²) in [5.41, 5.74) is 9.84. The summed E-state index contributed by atoms with van der Waals surface area (Å²) in [5, 5.41) is 0. The van der Waals surface area contributed by atoms with Crippen molar-refractivity contribution in [2.24, 2.45) is 29.2 Å². The number of primary amides is 2. The third-order valence-corrected chi connectivity index (χ3v) is 6.30. The molecule has 8 nitrogen and oxygen atoms in total. The van der Waals surface area contributed by atoms with Crippen LogP contribution in [0, 0.1) is 17.8 Å². The summed E-state index contributed by atoms with van der Waals surface area (Å²) in [7, 11) is 1.80. The molecule has 0 radical (unpaired) electrons. The molecule has 2 aliphatic carbocycles. The highest BCUT2D eigenvalue weighted by molar-refractivity contribution is 5.77. The number of nitrogens with two attached hydrogens (primary N) is 2. The predicted octanol–water partition coefficient (Wildman–Crippen LogP) is 1.46. The van der Waals surface area contributed by atoms with Gasteiger partial charge in [-0.05, 0) is 51.4 Å². The van der Waals surface area contributed by atoms with Crippen LogP contribution in [0.3, 0.4) is 0 Å². The Balaban J connectivity index is 0.000000297. The number of ether oxygens (including phenoxy) is 1. The Morgan fingerprint density at radius 1 is 0.900 bits per heavy atom. The summed E-state index contributed by atoms with van der Waals surface area (Å²) < 4.78 is 5.24. The van der Waals surface area contributed by atoms with Gasteiger partial charge in [-0.2, -0.15) is 0 Å². The minimum Gasteiger partial charge on any atom is -0.488 e. The van der Waals surface area contributed by atoms with Crippen LogP contribution in [0.2, 0.25) is 0 Å². The van der Waals surface area contributed by atoms with Crippen LogP contribution in [0.4, 0.5) is 5.69 Å². The van der Waals surface area contributed by atoms with Gasteiger partial charge in [-0.1, -0.05) is 19.3 Å². The Bertz CT molecular complexity index is 785. The van der Waals surface area contributed by atoms with E-state index >= 15 is 0 Å². The molecule has 2 fully saturated rings. The van der Waals surface area contributed by atoms with Gasteiger partial charge >= 0.3 is 0 Å². The first kappa shape index (κ1) is 23.9. The van der Waals surface area contributed by atoms with Crippen LogP contribution in [0.5, 0.6) is 5.75 Å². The van der Waals surface area contributed by atoms with Crippen molar-refractivity contribution in [2.45, 2.75) is 64.7 Å². The Labute approximate surface area is 177 Å². The monoisotopic (exact) mass is 421 g/mol. The van der Waals surface area contributed by atoms with Gasteiger partial charge in [0, 0.05) is 25.4 Å². The number of hydrogen-bond donors (Lipinski definition) is 2. The van der Waals surface area contributed by atoms with Crippen molar-refractivity contribution in [1.29, 1.82) is 0 Å². The highest BCUT2D eigenvalue weighted by Gasteiger charge is 2.29. The lowest BCUT2D eigenvalue weighted by molar-refractivity contribution is -0.123. The average molecular weight is 422 g/mol. The number of carbonyl (C=O) groups is 2. The van der Waals surface area contributed by atoms with E-state index in [1.54, 1.807) is 14.0 Å². The molecule has 0 aliphatic heterocycles. The second-order valence-corrected chi connectivity index (χ2v) is 8.51. The van der Waals surface area contributed by atoms with Crippen molar-refractivity contribution in [3.05, 3.63) is 20.4 Å². The molecule has 2 aliphatic rings. The maximum atomic E-state index is 11.7. The maximum absolute atomic E-state index is 11.7. The summed E-state index contributed by atoms with van der Waals surface area (Å²) in [6.07, 6.45) is 9.14. The Kier molecular flexibility index (Phi) is 8.87. The lowest BCUT2D eigenvalue weighted by Gasteiger charge is -2.31. The number of nitrogens with zero attached hydrogens (tertiary/aromatic N) is 1. The number of carbonyl (C=O) groups excluding carboxylic acids is 2. The zero-order valence-electron chi connectivity index (χ0n) is 18.2.